The smallest absolute Gasteiger partial charge is 0.268 e. The number of nitrogens with zero attached hydrogens (tertiary/aromatic N) is 1. The highest BCUT2D eigenvalue weighted by atomic mass is 32.2. The fourth-order valence-electron chi connectivity index (χ4n) is 2.30. The summed E-state index contributed by atoms with van der Waals surface area (Å²) >= 11 is 0. The van der Waals surface area contributed by atoms with Crippen LogP contribution in [0.1, 0.15) is 22.8 Å². The van der Waals surface area contributed by atoms with Crippen molar-refractivity contribution in [3.05, 3.63) is 35.4 Å². The summed E-state index contributed by atoms with van der Waals surface area (Å²) in [6, 6.07) is 6.23. The molecular formula is C14H18N2O5S. The number of carbonyl (C=O) groups is 2. The highest BCUT2D eigenvalue weighted by molar-refractivity contribution is 7.89. The number of rotatable bonds is 5. The number of methoxy groups -OCH3 is 1. The molecule has 0 aliphatic carbocycles. The van der Waals surface area contributed by atoms with E-state index in [1.165, 1.54) is 7.11 Å². The molecule has 0 saturated carbocycles. The van der Waals surface area contributed by atoms with E-state index in [0.717, 1.165) is 0 Å². The minimum atomic E-state index is -3.84. The lowest BCUT2D eigenvalue weighted by molar-refractivity contribution is -0.122. The summed E-state index contributed by atoms with van der Waals surface area (Å²) < 4.78 is 29.9. The van der Waals surface area contributed by atoms with E-state index in [2.05, 4.69) is 5.32 Å². The second-order valence-electron chi connectivity index (χ2n) is 5.15. The molecule has 1 atom stereocenters. The Morgan fingerprint density at radius 1 is 1.41 bits per heavy atom. The van der Waals surface area contributed by atoms with E-state index >= 15 is 0 Å². The van der Waals surface area contributed by atoms with Gasteiger partial charge in [0.15, 0.2) is 0 Å². The fourth-order valence-corrected chi connectivity index (χ4v) is 3.77. The monoisotopic (exact) mass is 326 g/mol. The van der Waals surface area contributed by atoms with Gasteiger partial charge < -0.3 is 10.1 Å². The molecule has 1 N–H and O–H groups in total. The van der Waals surface area contributed by atoms with Gasteiger partial charge in [-0.1, -0.05) is 18.2 Å². The molecule has 2 rings (SSSR count). The topological polar surface area (TPSA) is 92.8 Å². The SMILES string of the molecule is COC[C@H](C)NC(=O)CN1C(=O)c2ccccc2CS1(=O)=O. The van der Waals surface area contributed by atoms with Crippen molar-refractivity contribution in [3.8, 4) is 0 Å². The lowest BCUT2D eigenvalue weighted by Gasteiger charge is -2.28. The first-order valence-electron chi connectivity index (χ1n) is 6.76. The zero-order valence-electron chi connectivity index (χ0n) is 12.4. The van der Waals surface area contributed by atoms with Crippen LogP contribution in [0.25, 0.3) is 0 Å². The van der Waals surface area contributed by atoms with E-state index in [4.69, 9.17) is 4.74 Å². The van der Waals surface area contributed by atoms with Crippen LogP contribution in [0, 0.1) is 0 Å². The van der Waals surface area contributed by atoms with Gasteiger partial charge in [0, 0.05) is 18.7 Å². The maximum Gasteiger partial charge on any atom is 0.268 e. The number of sulfonamides is 1. The van der Waals surface area contributed by atoms with Crippen molar-refractivity contribution in [1.29, 1.82) is 0 Å². The van der Waals surface area contributed by atoms with Gasteiger partial charge in [-0.25, -0.2) is 12.7 Å². The zero-order valence-corrected chi connectivity index (χ0v) is 13.2. The highest BCUT2D eigenvalue weighted by Gasteiger charge is 2.36. The quantitative estimate of drug-likeness (QED) is 0.830. The number of ether oxygens (including phenoxy) is 1. The largest absolute Gasteiger partial charge is 0.383 e. The van der Waals surface area contributed by atoms with Crippen molar-refractivity contribution < 1.29 is 22.7 Å². The van der Waals surface area contributed by atoms with Crippen molar-refractivity contribution >= 4 is 21.8 Å². The van der Waals surface area contributed by atoms with Crippen molar-refractivity contribution in [1.82, 2.24) is 9.62 Å². The number of carbonyl (C=O) groups excluding carboxylic acids is 2. The summed E-state index contributed by atoms with van der Waals surface area (Å²) in [5.41, 5.74) is 0.770. The summed E-state index contributed by atoms with van der Waals surface area (Å²) in [6.45, 7) is 1.50. The molecule has 1 aromatic rings. The average molecular weight is 326 g/mol. The molecule has 120 valence electrons. The van der Waals surface area contributed by atoms with Gasteiger partial charge in [0.1, 0.15) is 6.54 Å². The molecular weight excluding hydrogens is 308 g/mol. The van der Waals surface area contributed by atoms with Gasteiger partial charge in [-0.15, -0.1) is 0 Å². The predicted octanol–water partition coefficient (Wildman–Crippen LogP) is 0.123. The van der Waals surface area contributed by atoms with E-state index in [1.807, 2.05) is 0 Å². The van der Waals surface area contributed by atoms with E-state index < -0.39 is 28.4 Å². The van der Waals surface area contributed by atoms with Crippen LogP contribution < -0.4 is 5.32 Å². The summed E-state index contributed by atoms with van der Waals surface area (Å²) in [7, 11) is -2.34. The van der Waals surface area contributed by atoms with Gasteiger partial charge in [-0.05, 0) is 18.6 Å². The molecule has 1 aliphatic rings. The van der Waals surface area contributed by atoms with Crippen LogP contribution in [-0.2, 0) is 25.3 Å². The van der Waals surface area contributed by atoms with E-state index in [1.54, 1.807) is 31.2 Å². The van der Waals surface area contributed by atoms with Crippen molar-refractivity contribution in [2.45, 2.75) is 18.7 Å². The first kappa shape index (κ1) is 16.4. The van der Waals surface area contributed by atoms with Gasteiger partial charge in [0.05, 0.1) is 12.4 Å². The number of amides is 2. The molecule has 0 radical (unpaired) electrons. The Kier molecular flexibility index (Phi) is 4.82. The van der Waals surface area contributed by atoms with Crippen LogP contribution in [-0.4, -0.2) is 50.8 Å². The molecule has 0 aromatic heterocycles. The Morgan fingerprint density at radius 3 is 2.77 bits per heavy atom. The van der Waals surface area contributed by atoms with Gasteiger partial charge in [-0.3, -0.25) is 9.59 Å². The first-order valence-corrected chi connectivity index (χ1v) is 8.37. The molecule has 1 heterocycles. The number of fused-ring (bicyclic) bond motifs is 1. The van der Waals surface area contributed by atoms with Gasteiger partial charge in [0.25, 0.3) is 5.91 Å². The molecule has 22 heavy (non-hydrogen) atoms. The zero-order chi connectivity index (χ0) is 16.3. The van der Waals surface area contributed by atoms with Crippen LogP contribution in [0.3, 0.4) is 0 Å². The molecule has 0 fully saturated rings. The lowest BCUT2D eigenvalue weighted by Crippen LogP contribution is -2.49. The van der Waals surface area contributed by atoms with Crippen LogP contribution in [0.15, 0.2) is 24.3 Å². The Hall–Kier alpha value is -1.93. The lowest BCUT2D eigenvalue weighted by atomic mass is 10.1. The van der Waals surface area contributed by atoms with Crippen molar-refractivity contribution in [3.63, 3.8) is 0 Å². The molecule has 2 amide bonds. The minimum absolute atomic E-state index is 0.271. The summed E-state index contributed by atoms with van der Waals surface area (Å²) in [6.07, 6.45) is 0. The van der Waals surface area contributed by atoms with Gasteiger partial charge >= 0.3 is 0 Å². The second-order valence-corrected chi connectivity index (χ2v) is 7.04. The molecule has 8 heteroatoms. The third-order valence-corrected chi connectivity index (χ3v) is 4.90. The summed E-state index contributed by atoms with van der Waals surface area (Å²) in [5.74, 6) is -1.49. The van der Waals surface area contributed by atoms with Crippen molar-refractivity contribution in [2.24, 2.45) is 0 Å². The first-order chi connectivity index (χ1) is 10.3. The Labute approximate surface area is 129 Å². The summed E-state index contributed by atoms with van der Waals surface area (Å²) in [5, 5.41) is 2.59. The predicted molar refractivity (Wildman–Crippen MR) is 79.6 cm³/mol. The number of nitrogens with one attached hydrogen (secondary N) is 1. The molecule has 0 unspecified atom stereocenters. The van der Waals surface area contributed by atoms with Crippen molar-refractivity contribution in [2.75, 3.05) is 20.3 Å². The van der Waals surface area contributed by atoms with Crippen LogP contribution in [0.5, 0.6) is 0 Å². The minimum Gasteiger partial charge on any atom is -0.383 e. The molecule has 0 bridgehead atoms. The highest BCUT2D eigenvalue weighted by Crippen LogP contribution is 2.24. The molecule has 0 saturated heterocycles. The molecule has 1 aromatic carbocycles. The Balaban J connectivity index is 2.17. The second kappa shape index (κ2) is 6.45. The summed E-state index contributed by atoms with van der Waals surface area (Å²) in [4.78, 5) is 24.2. The maximum absolute atomic E-state index is 12.3. The van der Waals surface area contributed by atoms with Crippen LogP contribution >= 0.6 is 0 Å². The van der Waals surface area contributed by atoms with Crippen LogP contribution in [0.4, 0.5) is 0 Å². The average Bonchev–Trinajstić information content (AvgIpc) is 2.43. The normalized spacial score (nSPS) is 17.7. The van der Waals surface area contributed by atoms with Crippen LogP contribution in [0.2, 0.25) is 0 Å². The third kappa shape index (κ3) is 3.45. The molecule has 1 aliphatic heterocycles. The third-order valence-electron chi connectivity index (χ3n) is 3.26. The fraction of sp³-hybridized carbons (Fsp3) is 0.429. The van der Waals surface area contributed by atoms with E-state index in [9.17, 15) is 18.0 Å². The number of hydrogen-bond acceptors (Lipinski definition) is 5. The Bertz CT molecular complexity index is 686. The van der Waals surface area contributed by atoms with Gasteiger partial charge in [0.2, 0.25) is 15.9 Å². The molecule has 7 nitrogen and oxygen atoms in total. The van der Waals surface area contributed by atoms with Gasteiger partial charge in [-0.2, -0.15) is 0 Å². The maximum atomic E-state index is 12.3. The van der Waals surface area contributed by atoms with E-state index in [0.29, 0.717) is 22.0 Å². The number of benzene rings is 1. The molecule has 0 spiro atoms. The number of hydrogen-bond donors (Lipinski definition) is 1. The standard InChI is InChI=1S/C14H18N2O5S/c1-10(8-21-2)15-13(17)7-16-14(18)12-6-4-3-5-11(12)9-22(16,19)20/h3-6,10H,7-9H2,1-2H3,(H,15,17)/t10-/m0/s1. The Morgan fingerprint density at radius 2 is 2.09 bits per heavy atom. The van der Waals surface area contributed by atoms with E-state index in [-0.39, 0.29) is 11.8 Å².